The number of nitrogens with zero attached hydrogens (tertiary/aromatic N) is 1. The average molecular weight is 843 g/mol. The Morgan fingerprint density at radius 1 is 0.638 bits per heavy atom. The van der Waals surface area contributed by atoms with Crippen molar-refractivity contribution in [3.05, 3.63) is 48.6 Å². The summed E-state index contributed by atoms with van der Waals surface area (Å²) in [5.41, 5.74) is 0. The van der Waals surface area contributed by atoms with E-state index in [1.807, 2.05) is 57.6 Å². The number of hydrogen-bond acceptors (Lipinski definition) is 9. The molecule has 0 aliphatic rings. The monoisotopic (exact) mass is 843 g/mol. The molecule has 0 spiro atoms. The Hall–Kier alpha value is -2.11. The summed E-state index contributed by atoms with van der Waals surface area (Å²) in [7, 11) is 1.40. The first-order valence-corrected chi connectivity index (χ1v) is 24.1. The lowest BCUT2D eigenvalue weighted by atomic mass is 10.0. The quantitative estimate of drug-likeness (QED) is 0.00894. The molecule has 338 valence electrons. The van der Waals surface area contributed by atoms with Crippen LogP contribution in [0.4, 0.5) is 0 Å². The highest BCUT2D eigenvalue weighted by Crippen LogP contribution is 2.43. The van der Waals surface area contributed by atoms with Crippen LogP contribution in [0, 0.1) is 0 Å². The molecule has 0 aromatic heterocycles. The first kappa shape index (κ1) is 55.9. The summed E-state index contributed by atoms with van der Waals surface area (Å²) < 4.78 is 34.2. The lowest BCUT2D eigenvalue weighted by Gasteiger charge is -2.24. The van der Waals surface area contributed by atoms with Crippen molar-refractivity contribution in [2.24, 2.45) is 0 Å². The fraction of sp³-hybridized carbons (Fsp3) is 0.783. The van der Waals surface area contributed by atoms with Crippen molar-refractivity contribution in [2.75, 3.05) is 47.5 Å². The van der Waals surface area contributed by atoms with Crippen LogP contribution in [-0.4, -0.2) is 86.3 Å². The van der Waals surface area contributed by atoms with Gasteiger partial charge < -0.3 is 18.9 Å². The Labute approximate surface area is 353 Å². The fourth-order valence-electron chi connectivity index (χ4n) is 5.96. The fourth-order valence-corrected chi connectivity index (χ4v) is 6.70. The Balaban J connectivity index is 4.51. The van der Waals surface area contributed by atoms with Crippen LogP contribution in [0.15, 0.2) is 48.6 Å². The van der Waals surface area contributed by atoms with Crippen molar-refractivity contribution < 1.29 is 52.2 Å². The molecule has 0 rings (SSSR count). The van der Waals surface area contributed by atoms with Gasteiger partial charge in [-0.25, -0.2) is 9.45 Å². The molecule has 0 aromatic carbocycles. The molecule has 1 unspecified atom stereocenters. The third-order valence-corrected chi connectivity index (χ3v) is 10.6. The smallest absolute Gasteiger partial charge is 0.462 e. The Morgan fingerprint density at radius 3 is 1.76 bits per heavy atom. The molecule has 2 N–H and O–H groups in total. The second kappa shape index (κ2) is 39.1. The summed E-state index contributed by atoms with van der Waals surface area (Å²) in [5.74, 6) is -0.897. The minimum Gasteiger partial charge on any atom is -0.462 e. The standard InChI is InChI=1S/C46H84NO10P/c1-6-8-10-11-12-13-14-15-16-17-20-23-26-29-33-37-45(48)53-41-44(42-55-58(51,52)54-40-39-47(3,4)5)56-46(49)38-34-30-27-24-21-18-19-22-25-28-32-36-43(57-50)35-31-9-7-2/h18-19,24-25,27-28,32,36,43-44H,6-17,20-23,26,29-31,33-35,37-42H2,1-5H3,(H-,50,51,52)/p+1/t43-,44+/m0/s1. The van der Waals surface area contributed by atoms with Gasteiger partial charge in [-0.2, -0.15) is 0 Å². The van der Waals surface area contributed by atoms with E-state index in [2.05, 4.69) is 30.9 Å². The number of rotatable bonds is 41. The number of phosphoric acid groups is 1. The Kier molecular flexibility index (Phi) is 37.6. The van der Waals surface area contributed by atoms with E-state index in [1.54, 1.807) is 0 Å². The number of ether oxygens (including phenoxy) is 2. The van der Waals surface area contributed by atoms with Crippen LogP contribution in [0.5, 0.6) is 0 Å². The van der Waals surface area contributed by atoms with Gasteiger partial charge in [0.15, 0.2) is 6.10 Å². The van der Waals surface area contributed by atoms with Crippen LogP contribution >= 0.6 is 7.82 Å². The molecule has 0 aliphatic carbocycles. The molecule has 12 heteroatoms. The zero-order valence-corrected chi connectivity index (χ0v) is 38.2. The van der Waals surface area contributed by atoms with Crippen molar-refractivity contribution in [2.45, 2.75) is 187 Å². The predicted octanol–water partition coefficient (Wildman–Crippen LogP) is 12.2. The van der Waals surface area contributed by atoms with Gasteiger partial charge in [-0.05, 0) is 38.5 Å². The topological polar surface area (TPSA) is 138 Å². The normalized spacial score (nSPS) is 14.5. The largest absolute Gasteiger partial charge is 0.472 e. The van der Waals surface area contributed by atoms with Crippen molar-refractivity contribution in [3.8, 4) is 0 Å². The molecule has 0 radical (unpaired) electrons. The molecule has 0 amide bonds. The first-order valence-electron chi connectivity index (χ1n) is 22.6. The molecular weight excluding hydrogens is 757 g/mol. The minimum atomic E-state index is -4.40. The van der Waals surface area contributed by atoms with E-state index in [9.17, 15) is 19.0 Å². The van der Waals surface area contributed by atoms with E-state index in [1.165, 1.54) is 77.0 Å². The maximum absolute atomic E-state index is 12.7. The van der Waals surface area contributed by atoms with Crippen molar-refractivity contribution in [3.63, 3.8) is 0 Å². The van der Waals surface area contributed by atoms with Crippen LogP contribution in [-0.2, 0) is 37.6 Å². The van der Waals surface area contributed by atoms with Crippen LogP contribution in [0.2, 0.25) is 0 Å². The third kappa shape index (κ3) is 40.7. The maximum atomic E-state index is 12.7. The number of phosphoric ester groups is 1. The molecule has 0 saturated heterocycles. The van der Waals surface area contributed by atoms with Gasteiger partial charge in [0, 0.05) is 12.8 Å². The SMILES string of the molecule is CCCCCCCCCCCCCCCCCC(=O)OC[C@H](COP(=O)(O)OCC[N+](C)(C)C)OC(=O)CCCC=CCC=CCC=CC=C[C@H](CCCCC)OO. The van der Waals surface area contributed by atoms with Gasteiger partial charge in [0.25, 0.3) is 0 Å². The highest BCUT2D eigenvalue weighted by molar-refractivity contribution is 7.47. The number of quaternary nitrogens is 1. The van der Waals surface area contributed by atoms with E-state index in [0.717, 1.165) is 57.8 Å². The van der Waals surface area contributed by atoms with E-state index >= 15 is 0 Å². The Morgan fingerprint density at radius 2 is 1.17 bits per heavy atom. The summed E-state index contributed by atoms with van der Waals surface area (Å²) in [6.45, 7) is 4.19. The van der Waals surface area contributed by atoms with Crippen molar-refractivity contribution in [1.29, 1.82) is 0 Å². The van der Waals surface area contributed by atoms with Crippen LogP contribution < -0.4 is 0 Å². The molecule has 3 atom stereocenters. The lowest BCUT2D eigenvalue weighted by molar-refractivity contribution is -0.870. The van der Waals surface area contributed by atoms with Gasteiger partial charge in [-0.3, -0.25) is 23.9 Å². The summed E-state index contributed by atoms with van der Waals surface area (Å²) in [6, 6.07) is 0. The zero-order chi connectivity index (χ0) is 43.0. The molecule has 0 bridgehead atoms. The van der Waals surface area contributed by atoms with Gasteiger partial charge in [-0.15, -0.1) is 0 Å². The highest BCUT2D eigenvalue weighted by atomic mass is 31.2. The number of hydrogen-bond donors (Lipinski definition) is 2. The lowest BCUT2D eigenvalue weighted by Crippen LogP contribution is -2.37. The van der Waals surface area contributed by atoms with Gasteiger partial charge in [0.1, 0.15) is 25.9 Å². The van der Waals surface area contributed by atoms with E-state index in [0.29, 0.717) is 23.9 Å². The van der Waals surface area contributed by atoms with Crippen LogP contribution in [0.1, 0.15) is 174 Å². The highest BCUT2D eigenvalue weighted by Gasteiger charge is 2.27. The summed E-state index contributed by atoms with van der Waals surface area (Å²) in [4.78, 5) is 39.9. The molecule has 58 heavy (non-hydrogen) atoms. The second-order valence-corrected chi connectivity index (χ2v) is 17.8. The molecular formula is C46H85NO10P+. The van der Waals surface area contributed by atoms with Gasteiger partial charge in [-0.1, -0.05) is 172 Å². The van der Waals surface area contributed by atoms with E-state index in [4.69, 9.17) is 23.8 Å². The number of carbonyl (C=O) groups excluding carboxylic acids is 2. The first-order chi connectivity index (χ1) is 27.9. The van der Waals surface area contributed by atoms with E-state index < -0.39 is 32.5 Å². The van der Waals surface area contributed by atoms with Gasteiger partial charge in [0.2, 0.25) is 0 Å². The van der Waals surface area contributed by atoms with Crippen molar-refractivity contribution >= 4 is 19.8 Å². The average Bonchev–Trinajstić information content (AvgIpc) is 3.17. The number of likely N-dealkylation sites (N-methyl/N-ethyl adjacent to an activating group) is 1. The maximum Gasteiger partial charge on any atom is 0.472 e. The number of unbranched alkanes of at least 4 members (excludes halogenated alkanes) is 17. The molecule has 0 saturated carbocycles. The molecule has 0 aromatic rings. The van der Waals surface area contributed by atoms with E-state index in [-0.39, 0.29) is 32.2 Å². The minimum absolute atomic E-state index is 0.00982. The zero-order valence-electron chi connectivity index (χ0n) is 37.3. The van der Waals surface area contributed by atoms with Gasteiger partial charge in [0.05, 0.1) is 27.7 Å². The molecule has 0 heterocycles. The van der Waals surface area contributed by atoms with Crippen molar-refractivity contribution in [1.82, 2.24) is 0 Å². The number of carbonyl (C=O) groups is 2. The summed E-state index contributed by atoms with van der Waals surface area (Å²) in [6.07, 6.45) is 40.5. The third-order valence-electron chi connectivity index (χ3n) is 9.58. The van der Waals surface area contributed by atoms with Crippen LogP contribution in [0.3, 0.4) is 0 Å². The molecule has 11 nitrogen and oxygen atoms in total. The molecule has 0 aliphatic heterocycles. The second-order valence-electron chi connectivity index (χ2n) is 16.4. The summed E-state index contributed by atoms with van der Waals surface area (Å²) >= 11 is 0. The molecule has 0 fully saturated rings. The number of allylic oxidation sites excluding steroid dienone is 7. The van der Waals surface area contributed by atoms with Crippen LogP contribution in [0.25, 0.3) is 0 Å². The predicted molar refractivity (Wildman–Crippen MR) is 236 cm³/mol. The number of esters is 2. The van der Waals surface area contributed by atoms with Gasteiger partial charge >= 0.3 is 19.8 Å². The summed E-state index contributed by atoms with van der Waals surface area (Å²) in [5, 5.41) is 9.01. The Bertz CT molecular complexity index is 1150.